The molecule has 1 aromatic rings. The van der Waals surface area contributed by atoms with Crippen LogP contribution in [-0.2, 0) is 9.53 Å². The first kappa shape index (κ1) is 16.0. The highest BCUT2D eigenvalue weighted by molar-refractivity contribution is 7.09. The molecule has 130 valence electrons. The average molecular weight is 349 g/mol. The molecule has 0 aromatic carbocycles. The quantitative estimate of drug-likeness (QED) is 0.893. The Morgan fingerprint density at radius 2 is 2.25 bits per heavy atom. The van der Waals surface area contributed by atoms with E-state index in [9.17, 15) is 9.59 Å². The maximum atomic E-state index is 12.4. The van der Waals surface area contributed by atoms with Crippen molar-refractivity contribution in [1.82, 2.24) is 15.2 Å². The lowest BCUT2D eigenvalue weighted by Crippen LogP contribution is -2.39. The highest BCUT2D eigenvalue weighted by Crippen LogP contribution is 2.36. The van der Waals surface area contributed by atoms with Crippen molar-refractivity contribution in [3.05, 3.63) is 16.1 Å². The van der Waals surface area contributed by atoms with Gasteiger partial charge in [0.05, 0.1) is 17.7 Å². The van der Waals surface area contributed by atoms with E-state index in [1.807, 2.05) is 11.8 Å². The Hall–Kier alpha value is -1.47. The Balaban J connectivity index is 1.31. The molecule has 4 rings (SSSR count). The van der Waals surface area contributed by atoms with Crippen molar-refractivity contribution >= 4 is 23.2 Å². The number of nitrogens with zero attached hydrogens (tertiary/aromatic N) is 2. The number of aryl methyl sites for hydroxylation is 1. The Morgan fingerprint density at radius 3 is 2.92 bits per heavy atom. The van der Waals surface area contributed by atoms with Gasteiger partial charge >= 0.3 is 0 Å². The van der Waals surface area contributed by atoms with E-state index in [4.69, 9.17) is 4.74 Å². The zero-order valence-corrected chi connectivity index (χ0v) is 14.7. The lowest BCUT2D eigenvalue weighted by molar-refractivity contribution is -0.137. The third kappa shape index (κ3) is 2.95. The van der Waals surface area contributed by atoms with Crippen molar-refractivity contribution in [3.8, 4) is 0 Å². The first-order valence-corrected chi connectivity index (χ1v) is 9.60. The van der Waals surface area contributed by atoms with Crippen molar-refractivity contribution < 1.29 is 14.3 Å². The number of hydrogen-bond donors (Lipinski definition) is 1. The molecule has 6 nitrogen and oxygen atoms in total. The van der Waals surface area contributed by atoms with Crippen molar-refractivity contribution in [2.75, 3.05) is 26.2 Å². The zero-order valence-electron chi connectivity index (χ0n) is 13.9. The van der Waals surface area contributed by atoms with E-state index in [2.05, 4.69) is 10.3 Å². The molecule has 1 saturated carbocycles. The number of nitrogens with one attached hydrogen (secondary N) is 1. The predicted octanol–water partition coefficient (Wildman–Crippen LogP) is 1.45. The van der Waals surface area contributed by atoms with Crippen molar-refractivity contribution in [3.63, 3.8) is 0 Å². The largest absolute Gasteiger partial charge is 0.376 e. The van der Waals surface area contributed by atoms with Gasteiger partial charge < -0.3 is 15.0 Å². The van der Waals surface area contributed by atoms with Crippen LogP contribution >= 0.6 is 11.3 Å². The Morgan fingerprint density at radius 1 is 1.42 bits per heavy atom. The van der Waals surface area contributed by atoms with Crippen LogP contribution in [0.4, 0.5) is 0 Å². The number of amides is 2. The first-order valence-electron chi connectivity index (χ1n) is 8.72. The summed E-state index contributed by atoms with van der Waals surface area (Å²) in [5, 5.41) is 5.66. The van der Waals surface area contributed by atoms with Crippen LogP contribution in [0.3, 0.4) is 0 Å². The number of thiazole rings is 1. The molecule has 0 unspecified atom stereocenters. The molecule has 3 aliphatic rings. The fourth-order valence-electron chi connectivity index (χ4n) is 3.88. The van der Waals surface area contributed by atoms with Gasteiger partial charge in [0.25, 0.3) is 5.91 Å². The monoisotopic (exact) mass is 349 g/mol. The number of rotatable bonds is 4. The Kier molecular flexibility index (Phi) is 4.30. The molecular weight excluding hydrogens is 326 g/mol. The molecule has 0 spiro atoms. The van der Waals surface area contributed by atoms with Crippen LogP contribution < -0.4 is 5.32 Å². The van der Waals surface area contributed by atoms with Gasteiger partial charge in [-0.05, 0) is 19.8 Å². The lowest BCUT2D eigenvalue weighted by atomic mass is 9.84. The van der Waals surface area contributed by atoms with Gasteiger partial charge in [0.15, 0.2) is 0 Å². The topological polar surface area (TPSA) is 71.5 Å². The van der Waals surface area contributed by atoms with Gasteiger partial charge in [-0.3, -0.25) is 9.59 Å². The minimum absolute atomic E-state index is 0.122. The van der Waals surface area contributed by atoms with Crippen LogP contribution in [0.5, 0.6) is 0 Å². The summed E-state index contributed by atoms with van der Waals surface area (Å²) in [4.78, 5) is 30.8. The van der Waals surface area contributed by atoms with Crippen molar-refractivity contribution in [2.45, 2.75) is 32.3 Å². The normalized spacial score (nSPS) is 29.4. The molecule has 1 aliphatic carbocycles. The molecule has 2 saturated heterocycles. The lowest BCUT2D eigenvalue weighted by Gasteiger charge is -2.29. The van der Waals surface area contributed by atoms with E-state index in [0.717, 1.165) is 30.9 Å². The smallest absolute Gasteiger partial charge is 0.270 e. The molecule has 3 heterocycles. The highest BCUT2D eigenvalue weighted by atomic mass is 32.1. The molecule has 1 N–H and O–H groups in total. The highest BCUT2D eigenvalue weighted by Gasteiger charge is 2.46. The third-order valence-corrected chi connectivity index (χ3v) is 6.36. The summed E-state index contributed by atoms with van der Waals surface area (Å²) >= 11 is 1.48. The molecule has 24 heavy (non-hydrogen) atoms. The van der Waals surface area contributed by atoms with Gasteiger partial charge in [0, 0.05) is 42.8 Å². The first-order chi connectivity index (χ1) is 11.6. The van der Waals surface area contributed by atoms with Crippen LogP contribution in [-0.4, -0.2) is 54.0 Å². The zero-order chi connectivity index (χ0) is 16.7. The SMILES string of the molecule is Cc1nc(C(=O)NC[C@@H]2CO[C@@H]3CN(C(=O)C4CCC4)C[C@H]23)cs1. The fraction of sp³-hybridized carbons (Fsp3) is 0.706. The molecule has 7 heteroatoms. The molecule has 2 amide bonds. The van der Waals surface area contributed by atoms with Crippen LogP contribution in [0.25, 0.3) is 0 Å². The molecule has 3 fully saturated rings. The van der Waals surface area contributed by atoms with Crippen LogP contribution in [0.2, 0.25) is 0 Å². The third-order valence-electron chi connectivity index (χ3n) is 5.58. The van der Waals surface area contributed by atoms with Gasteiger partial charge in [0.2, 0.25) is 5.91 Å². The summed E-state index contributed by atoms with van der Waals surface area (Å²) < 4.78 is 5.88. The molecule has 0 bridgehead atoms. The number of aromatic nitrogens is 1. The van der Waals surface area contributed by atoms with E-state index >= 15 is 0 Å². The van der Waals surface area contributed by atoms with Crippen LogP contribution in [0.15, 0.2) is 5.38 Å². The van der Waals surface area contributed by atoms with Crippen molar-refractivity contribution in [1.29, 1.82) is 0 Å². The maximum absolute atomic E-state index is 12.4. The number of ether oxygens (including phenoxy) is 1. The van der Waals surface area contributed by atoms with Gasteiger partial charge in [0.1, 0.15) is 5.69 Å². The Bertz CT molecular complexity index is 643. The second kappa shape index (κ2) is 6.44. The summed E-state index contributed by atoms with van der Waals surface area (Å²) in [6, 6.07) is 0. The molecule has 0 radical (unpaired) electrons. The molecule has 2 aliphatic heterocycles. The van der Waals surface area contributed by atoms with E-state index in [1.54, 1.807) is 5.38 Å². The number of carbonyl (C=O) groups excluding carboxylic acids is 2. The average Bonchev–Trinajstić information content (AvgIpc) is 3.18. The molecule has 1 aromatic heterocycles. The van der Waals surface area contributed by atoms with E-state index in [-0.39, 0.29) is 23.8 Å². The summed E-state index contributed by atoms with van der Waals surface area (Å²) in [5.41, 5.74) is 0.487. The van der Waals surface area contributed by atoms with Gasteiger partial charge in [-0.1, -0.05) is 6.42 Å². The second-order valence-corrected chi connectivity index (χ2v) is 8.19. The Labute approximate surface area is 145 Å². The fourth-order valence-corrected chi connectivity index (χ4v) is 4.48. The molecular formula is C17H23N3O3S. The van der Waals surface area contributed by atoms with Crippen LogP contribution in [0, 0.1) is 24.7 Å². The standard InChI is InChI=1S/C17H23N3O3S/c1-10-19-14(9-24-10)16(21)18-5-12-8-23-15-7-20(6-13(12)15)17(22)11-3-2-4-11/h9,11-13,15H,2-8H2,1H3,(H,18,21)/t12-,13-,15-/m1/s1. The second-order valence-electron chi connectivity index (χ2n) is 7.13. The van der Waals surface area contributed by atoms with E-state index < -0.39 is 0 Å². The summed E-state index contributed by atoms with van der Waals surface area (Å²) in [5.74, 6) is 1.04. The maximum Gasteiger partial charge on any atom is 0.270 e. The summed E-state index contributed by atoms with van der Waals surface area (Å²) in [7, 11) is 0. The molecule has 3 atom stereocenters. The van der Waals surface area contributed by atoms with Gasteiger partial charge in [-0.2, -0.15) is 0 Å². The van der Waals surface area contributed by atoms with Gasteiger partial charge in [-0.15, -0.1) is 11.3 Å². The number of likely N-dealkylation sites (tertiary alicyclic amines) is 1. The van der Waals surface area contributed by atoms with E-state index in [1.165, 1.54) is 17.8 Å². The van der Waals surface area contributed by atoms with Crippen LogP contribution in [0.1, 0.15) is 34.8 Å². The minimum Gasteiger partial charge on any atom is -0.376 e. The van der Waals surface area contributed by atoms with Crippen molar-refractivity contribution in [2.24, 2.45) is 17.8 Å². The summed E-state index contributed by atoms with van der Waals surface area (Å²) in [6.45, 7) is 4.63. The number of carbonyl (C=O) groups is 2. The minimum atomic E-state index is -0.122. The summed E-state index contributed by atoms with van der Waals surface area (Å²) in [6.07, 6.45) is 3.39. The number of fused-ring (bicyclic) bond motifs is 1. The predicted molar refractivity (Wildman–Crippen MR) is 89.8 cm³/mol. The van der Waals surface area contributed by atoms with E-state index in [0.29, 0.717) is 30.7 Å². The van der Waals surface area contributed by atoms with Gasteiger partial charge in [-0.25, -0.2) is 4.98 Å². The number of hydrogen-bond acceptors (Lipinski definition) is 5.